The van der Waals surface area contributed by atoms with Crippen molar-refractivity contribution in [3.63, 3.8) is 0 Å². The standard InChI is InChI=1S/C26H12F9N/c27-24(28,29)17-7-3-5-15(13-17)11-12-20-22(16-6-4-8-18(14-16)25(30,31)32)19-9-1-2-10-21(19)36-23(20)26(33,34)35/h1-10,13-14H. The first-order chi connectivity index (χ1) is 16.7. The van der Waals surface area contributed by atoms with Crippen LogP contribution in [0.1, 0.15) is 27.9 Å². The van der Waals surface area contributed by atoms with Crippen molar-refractivity contribution in [1.29, 1.82) is 0 Å². The Bertz CT molecular complexity index is 1500. The second kappa shape index (κ2) is 8.90. The number of aromatic nitrogens is 1. The van der Waals surface area contributed by atoms with E-state index in [4.69, 9.17) is 0 Å². The van der Waals surface area contributed by atoms with Crippen molar-refractivity contribution in [3.05, 3.63) is 101 Å². The van der Waals surface area contributed by atoms with Crippen LogP contribution in [-0.2, 0) is 18.5 Å². The Kier molecular flexibility index (Phi) is 6.20. The Morgan fingerprint density at radius 3 is 1.83 bits per heavy atom. The molecule has 0 spiro atoms. The molecule has 4 aromatic rings. The van der Waals surface area contributed by atoms with Crippen LogP contribution in [0.5, 0.6) is 0 Å². The number of para-hydroxylation sites is 1. The molecule has 0 bridgehead atoms. The zero-order chi connectivity index (χ0) is 26.3. The monoisotopic (exact) mass is 509 g/mol. The van der Waals surface area contributed by atoms with Gasteiger partial charge in [-0.25, -0.2) is 4.98 Å². The number of nitrogens with zero attached hydrogens (tertiary/aromatic N) is 1. The van der Waals surface area contributed by atoms with E-state index in [0.29, 0.717) is 12.1 Å². The maximum atomic E-state index is 14.0. The normalized spacial score (nSPS) is 12.4. The van der Waals surface area contributed by atoms with Crippen molar-refractivity contribution in [1.82, 2.24) is 4.98 Å². The van der Waals surface area contributed by atoms with Crippen molar-refractivity contribution in [2.45, 2.75) is 18.5 Å². The second-order valence-electron chi connectivity index (χ2n) is 7.63. The van der Waals surface area contributed by atoms with E-state index in [-0.39, 0.29) is 27.6 Å². The number of rotatable bonds is 1. The highest BCUT2D eigenvalue weighted by Gasteiger charge is 2.38. The molecule has 0 fully saturated rings. The molecule has 0 aliphatic carbocycles. The zero-order valence-corrected chi connectivity index (χ0v) is 17.8. The number of hydrogen-bond donors (Lipinski definition) is 0. The molecule has 3 aromatic carbocycles. The zero-order valence-electron chi connectivity index (χ0n) is 17.8. The summed E-state index contributed by atoms with van der Waals surface area (Å²) in [5.74, 6) is 4.54. The molecule has 10 heteroatoms. The third-order valence-corrected chi connectivity index (χ3v) is 5.16. The summed E-state index contributed by atoms with van der Waals surface area (Å²) in [6, 6.07) is 12.9. The molecular formula is C26H12F9N. The largest absolute Gasteiger partial charge is 0.434 e. The van der Waals surface area contributed by atoms with Crippen molar-refractivity contribution in [2.75, 3.05) is 0 Å². The van der Waals surface area contributed by atoms with Crippen LogP contribution in [0, 0.1) is 11.8 Å². The lowest BCUT2D eigenvalue weighted by molar-refractivity contribution is -0.141. The summed E-state index contributed by atoms with van der Waals surface area (Å²) < 4.78 is 121. The first-order valence-corrected chi connectivity index (χ1v) is 10.1. The molecule has 0 radical (unpaired) electrons. The van der Waals surface area contributed by atoms with Gasteiger partial charge in [0.05, 0.1) is 22.2 Å². The average molecular weight is 509 g/mol. The fourth-order valence-corrected chi connectivity index (χ4v) is 3.60. The van der Waals surface area contributed by atoms with Gasteiger partial charge >= 0.3 is 18.5 Å². The molecule has 1 aromatic heterocycles. The topological polar surface area (TPSA) is 12.9 Å². The minimum atomic E-state index is -5.06. The third kappa shape index (κ3) is 5.15. The predicted octanol–water partition coefficient (Wildman–Crippen LogP) is 8.36. The van der Waals surface area contributed by atoms with E-state index in [9.17, 15) is 39.5 Å². The van der Waals surface area contributed by atoms with E-state index in [1.807, 2.05) is 0 Å². The maximum absolute atomic E-state index is 14.0. The van der Waals surface area contributed by atoms with Crippen LogP contribution in [0.25, 0.3) is 22.0 Å². The van der Waals surface area contributed by atoms with Gasteiger partial charge in [0.1, 0.15) is 0 Å². The lowest BCUT2D eigenvalue weighted by atomic mass is 9.92. The molecule has 0 N–H and O–H groups in total. The summed E-state index contributed by atoms with van der Waals surface area (Å²) in [5.41, 5.74) is -5.21. The average Bonchev–Trinajstić information content (AvgIpc) is 2.80. The molecule has 4 rings (SSSR count). The number of hydrogen-bond acceptors (Lipinski definition) is 1. The van der Waals surface area contributed by atoms with Gasteiger partial charge in [0, 0.05) is 16.5 Å². The fourth-order valence-electron chi connectivity index (χ4n) is 3.60. The summed E-state index contributed by atoms with van der Waals surface area (Å²) in [6.45, 7) is 0. The Morgan fingerprint density at radius 2 is 1.19 bits per heavy atom. The minimum absolute atomic E-state index is 0.0955. The summed E-state index contributed by atoms with van der Waals surface area (Å²) >= 11 is 0. The molecular weight excluding hydrogens is 497 g/mol. The van der Waals surface area contributed by atoms with Crippen LogP contribution in [-0.4, -0.2) is 4.98 Å². The maximum Gasteiger partial charge on any atom is 0.434 e. The van der Waals surface area contributed by atoms with Gasteiger partial charge in [-0.1, -0.05) is 48.2 Å². The number of fused-ring (bicyclic) bond motifs is 1. The number of pyridine rings is 1. The molecule has 0 saturated heterocycles. The minimum Gasteiger partial charge on any atom is -0.242 e. The molecule has 36 heavy (non-hydrogen) atoms. The van der Waals surface area contributed by atoms with E-state index >= 15 is 0 Å². The first kappa shape index (κ1) is 25.1. The lowest BCUT2D eigenvalue weighted by Gasteiger charge is -2.17. The summed E-state index contributed by atoms with van der Waals surface area (Å²) in [7, 11) is 0. The molecule has 184 valence electrons. The Labute approximate surface area is 198 Å². The van der Waals surface area contributed by atoms with Crippen LogP contribution in [0.15, 0.2) is 72.8 Å². The Morgan fingerprint density at radius 1 is 0.583 bits per heavy atom. The summed E-state index contributed by atoms with van der Waals surface area (Å²) in [6.07, 6.45) is -14.5. The van der Waals surface area contributed by atoms with Crippen molar-refractivity contribution in [2.24, 2.45) is 0 Å². The molecule has 0 aliphatic heterocycles. The number of alkyl halides is 9. The van der Waals surface area contributed by atoms with Gasteiger partial charge < -0.3 is 0 Å². The molecule has 0 atom stereocenters. The summed E-state index contributed by atoms with van der Waals surface area (Å²) in [5, 5.41) is 0.0955. The van der Waals surface area contributed by atoms with Crippen molar-refractivity contribution >= 4 is 10.9 Å². The first-order valence-electron chi connectivity index (χ1n) is 10.1. The van der Waals surface area contributed by atoms with Crippen molar-refractivity contribution in [3.8, 4) is 23.0 Å². The fraction of sp³-hybridized carbons (Fsp3) is 0.115. The van der Waals surface area contributed by atoms with Crippen LogP contribution in [0.3, 0.4) is 0 Å². The van der Waals surface area contributed by atoms with Crippen LogP contribution < -0.4 is 0 Å². The lowest BCUT2D eigenvalue weighted by Crippen LogP contribution is -2.13. The van der Waals surface area contributed by atoms with E-state index in [0.717, 1.165) is 24.3 Å². The predicted molar refractivity (Wildman–Crippen MR) is 115 cm³/mol. The smallest absolute Gasteiger partial charge is 0.242 e. The Balaban J connectivity index is 2.05. The number of halogens is 9. The van der Waals surface area contributed by atoms with Gasteiger partial charge in [0.15, 0.2) is 5.69 Å². The molecule has 0 saturated carbocycles. The van der Waals surface area contributed by atoms with Gasteiger partial charge in [-0.3, -0.25) is 0 Å². The van der Waals surface area contributed by atoms with Gasteiger partial charge in [0.2, 0.25) is 0 Å². The van der Waals surface area contributed by atoms with Crippen molar-refractivity contribution < 1.29 is 39.5 Å². The van der Waals surface area contributed by atoms with E-state index in [2.05, 4.69) is 16.8 Å². The Hall–Kier alpha value is -4.00. The van der Waals surface area contributed by atoms with Crippen LogP contribution in [0.4, 0.5) is 39.5 Å². The quantitative estimate of drug-likeness (QED) is 0.186. The number of benzene rings is 3. The van der Waals surface area contributed by atoms with E-state index in [1.165, 1.54) is 36.4 Å². The highest BCUT2D eigenvalue weighted by molar-refractivity contribution is 5.98. The molecule has 0 amide bonds. The van der Waals surface area contributed by atoms with Gasteiger partial charge in [-0.15, -0.1) is 0 Å². The van der Waals surface area contributed by atoms with E-state index < -0.39 is 40.9 Å². The molecule has 0 unspecified atom stereocenters. The third-order valence-electron chi connectivity index (χ3n) is 5.16. The second-order valence-corrected chi connectivity index (χ2v) is 7.63. The van der Waals surface area contributed by atoms with Crippen LogP contribution in [0.2, 0.25) is 0 Å². The SMILES string of the molecule is FC(F)(F)c1cccc(C#Cc2c(C(F)(F)F)nc3ccccc3c2-c2cccc(C(F)(F)F)c2)c1. The highest BCUT2D eigenvalue weighted by atomic mass is 19.4. The molecule has 0 aliphatic rings. The van der Waals surface area contributed by atoms with Crippen LogP contribution >= 0.6 is 0 Å². The highest BCUT2D eigenvalue weighted by Crippen LogP contribution is 2.41. The van der Waals surface area contributed by atoms with E-state index in [1.54, 1.807) is 0 Å². The van der Waals surface area contributed by atoms with Gasteiger partial charge in [-0.2, -0.15) is 39.5 Å². The molecule has 1 heterocycles. The summed E-state index contributed by atoms with van der Waals surface area (Å²) in [4.78, 5) is 3.64. The van der Waals surface area contributed by atoms with Gasteiger partial charge in [0.25, 0.3) is 0 Å². The van der Waals surface area contributed by atoms with Gasteiger partial charge in [-0.05, 0) is 42.0 Å². The molecule has 1 nitrogen and oxygen atoms in total.